The Kier molecular flexibility index (Phi) is 7.97. The molecule has 2 N–H and O–H groups in total. The topological polar surface area (TPSA) is 61.4 Å². The van der Waals surface area contributed by atoms with Crippen LogP contribution in [0.5, 0.6) is 0 Å². The Morgan fingerprint density at radius 1 is 0.828 bits per heavy atom. The lowest BCUT2D eigenvalue weighted by Gasteiger charge is -2.19. The third-order valence-electron chi connectivity index (χ3n) is 5.03. The molecule has 0 aromatic heterocycles. The fraction of sp³-hybridized carbons (Fsp3) is 0.417. The van der Waals surface area contributed by atoms with Crippen molar-refractivity contribution in [3.63, 3.8) is 0 Å². The molecule has 0 aliphatic heterocycles. The van der Waals surface area contributed by atoms with Crippen molar-refractivity contribution in [2.45, 2.75) is 40.0 Å². The molecule has 2 amide bonds. The SMILES string of the molecule is CCN(CC)CCNC(=O)c1ccc(NC(=O)c2ccc(C(C)(C)C)cc2)cc1. The predicted octanol–water partition coefficient (Wildman–Crippen LogP) is 4.31. The summed E-state index contributed by atoms with van der Waals surface area (Å²) < 4.78 is 0. The first-order valence-corrected chi connectivity index (χ1v) is 10.3. The Balaban J connectivity index is 1.91. The van der Waals surface area contributed by atoms with Crippen molar-refractivity contribution in [1.82, 2.24) is 10.2 Å². The molecule has 0 atom stereocenters. The third-order valence-corrected chi connectivity index (χ3v) is 5.03. The van der Waals surface area contributed by atoms with Crippen molar-refractivity contribution in [3.8, 4) is 0 Å². The minimum absolute atomic E-state index is 0.0524. The minimum Gasteiger partial charge on any atom is -0.351 e. The molecule has 2 aromatic carbocycles. The maximum Gasteiger partial charge on any atom is 0.255 e. The van der Waals surface area contributed by atoms with Crippen LogP contribution in [0.1, 0.15) is 60.9 Å². The highest BCUT2D eigenvalue weighted by Crippen LogP contribution is 2.22. The van der Waals surface area contributed by atoms with Crippen LogP contribution in [-0.2, 0) is 5.41 Å². The number of amides is 2. The molecule has 0 aliphatic rings. The lowest BCUT2D eigenvalue weighted by molar-refractivity contribution is 0.0948. The van der Waals surface area contributed by atoms with Gasteiger partial charge in [-0.3, -0.25) is 9.59 Å². The van der Waals surface area contributed by atoms with Gasteiger partial charge in [0, 0.05) is 29.9 Å². The van der Waals surface area contributed by atoms with Gasteiger partial charge in [-0.05, 0) is 60.5 Å². The van der Waals surface area contributed by atoms with Crippen LogP contribution in [0.2, 0.25) is 0 Å². The van der Waals surface area contributed by atoms with Crippen LogP contribution >= 0.6 is 0 Å². The molecular weight excluding hydrogens is 362 g/mol. The molecule has 0 heterocycles. The monoisotopic (exact) mass is 395 g/mol. The summed E-state index contributed by atoms with van der Waals surface area (Å²) in [4.78, 5) is 27.0. The van der Waals surface area contributed by atoms with Gasteiger partial charge in [-0.1, -0.05) is 46.8 Å². The number of anilines is 1. The van der Waals surface area contributed by atoms with Crippen LogP contribution in [0.25, 0.3) is 0 Å². The molecule has 0 bridgehead atoms. The van der Waals surface area contributed by atoms with Gasteiger partial charge in [0.05, 0.1) is 0 Å². The van der Waals surface area contributed by atoms with E-state index in [4.69, 9.17) is 0 Å². The number of benzene rings is 2. The number of rotatable bonds is 8. The van der Waals surface area contributed by atoms with E-state index in [9.17, 15) is 9.59 Å². The average Bonchev–Trinajstić information content (AvgIpc) is 2.71. The van der Waals surface area contributed by atoms with Gasteiger partial charge in [-0.15, -0.1) is 0 Å². The zero-order valence-corrected chi connectivity index (χ0v) is 18.2. The van der Waals surface area contributed by atoms with E-state index in [0.29, 0.717) is 23.4 Å². The number of carbonyl (C=O) groups is 2. The van der Waals surface area contributed by atoms with E-state index in [1.165, 1.54) is 5.56 Å². The number of nitrogens with zero attached hydrogens (tertiary/aromatic N) is 1. The van der Waals surface area contributed by atoms with Crippen LogP contribution < -0.4 is 10.6 Å². The molecule has 2 aromatic rings. The summed E-state index contributed by atoms with van der Waals surface area (Å²) in [6, 6.07) is 14.6. The Hall–Kier alpha value is -2.66. The van der Waals surface area contributed by atoms with Crippen LogP contribution in [0.4, 0.5) is 5.69 Å². The Morgan fingerprint density at radius 2 is 1.34 bits per heavy atom. The fourth-order valence-electron chi connectivity index (χ4n) is 3.00. The molecule has 0 radical (unpaired) electrons. The van der Waals surface area contributed by atoms with E-state index in [-0.39, 0.29) is 17.2 Å². The molecule has 0 fully saturated rings. The lowest BCUT2D eigenvalue weighted by Crippen LogP contribution is -2.34. The molecule has 0 saturated heterocycles. The molecule has 156 valence electrons. The predicted molar refractivity (Wildman–Crippen MR) is 120 cm³/mol. The first-order valence-electron chi connectivity index (χ1n) is 10.3. The van der Waals surface area contributed by atoms with E-state index in [2.05, 4.69) is 50.2 Å². The highest BCUT2D eigenvalue weighted by molar-refractivity contribution is 6.04. The maximum atomic E-state index is 12.5. The first kappa shape index (κ1) is 22.6. The normalized spacial score (nSPS) is 11.4. The molecule has 29 heavy (non-hydrogen) atoms. The molecule has 5 heteroatoms. The smallest absolute Gasteiger partial charge is 0.255 e. The number of carbonyl (C=O) groups excluding carboxylic acids is 2. The van der Waals surface area contributed by atoms with Gasteiger partial charge in [-0.25, -0.2) is 0 Å². The van der Waals surface area contributed by atoms with E-state index in [1.807, 2.05) is 24.3 Å². The Morgan fingerprint density at radius 3 is 1.86 bits per heavy atom. The first-order chi connectivity index (χ1) is 13.7. The van der Waals surface area contributed by atoms with Crippen LogP contribution in [0, 0.1) is 0 Å². The molecule has 0 spiro atoms. The largest absolute Gasteiger partial charge is 0.351 e. The van der Waals surface area contributed by atoms with Crippen molar-refractivity contribution < 1.29 is 9.59 Å². The summed E-state index contributed by atoms with van der Waals surface area (Å²) in [5.74, 6) is -0.269. The molecule has 0 unspecified atom stereocenters. The second kappa shape index (κ2) is 10.2. The van der Waals surface area contributed by atoms with Crippen molar-refractivity contribution >= 4 is 17.5 Å². The molecular formula is C24H33N3O2. The number of nitrogens with one attached hydrogen (secondary N) is 2. The maximum absolute atomic E-state index is 12.5. The third kappa shape index (κ3) is 6.71. The van der Waals surface area contributed by atoms with E-state index in [0.717, 1.165) is 19.6 Å². The second-order valence-electron chi connectivity index (χ2n) is 8.14. The molecule has 2 rings (SSSR count). The summed E-state index contributed by atoms with van der Waals surface area (Å²) >= 11 is 0. The summed E-state index contributed by atoms with van der Waals surface area (Å²) in [5, 5.41) is 5.81. The number of hydrogen-bond donors (Lipinski definition) is 2. The van der Waals surface area contributed by atoms with Gasteiger partial charge in [0.25, 0.3) is 11.8 Å². The summed E-state index contributed by atoms with van der Waals surface area (Å²) in [6.45, 7) is 14.0. The second-order valence-corrected chi connectivity index (χ2v) is 8.14. The fourth-order valence-corrected chi connectivity index (χ4v) is 3.00. The highest BCUT2D eigenvalue weighted by atomic mass is 16.2. The average molecular weight is 396 g/mol. The van der Waals surface area contributed by atoms with Crippen LogP contribution in [0.15, 0.2) is 48.5 Å². The summed E-state index contributed by atoms with van der Waals surface area (Å²) in [6.07, 6.45) is 0. The van der Waals surface area contributed by atoms with Crippen molar-refractivity contribution in [1.29, 1.82) is 0 Å². The van der Waals surface area contributed by atoms with Crippen LogP contribution in [0.3, 0.4) is 0 Å². The van der Waals surface area contributed by atoms with E-state index >= 15 is 0 Å². The van der Waals surface area contributed by atoms with Crippen molar-refractivity contribution in [3.05, 3.63) is 65.2 Å². The van der Waals surface area contributed by atoms with Gasteiger partial charge >= 0.3 is 0 Å². The number of likely N-dealkylation sites (N-methyl/N-ethyl adjacent to an activating group) is 1. The van der Waals surface area contributed by atoms with Gasteiger partial charge in [0.2, 0.25) is 0 Å². The van der Waals surface area contributed by atoms with Gasteiger partial charge in [-0.2, -0.15) is 0 Å². The van der Waals surface area contributed by atoms with Gasteiger partial charge in [0.1, 0.15) is 0 Å². The van der Waals surface area contributed by atoms with Crippen molar-refractivity contribution in [2.75, 3.05) is 31.5 Å². The molecule has 0 aliphatic carbocycles. The Bertz CT molecular complexity index is 802. The summed E-state index contributed by atoms with van der Waals surface area (Å²) in [5.41, 5.74) is 3.09. The van der Waals surface area contributed by atoms with Crippen LogP contribution in [-0.4, -0.2) is 42.9 Å². The quantitative estimate of drug-likeness (QED) is 0.700. The molecule has 5 nitrogen and oxygen atoms in total. The van der Waals surface area contributed by atoms with E-state index < -0.39 is 0 Å². The zero-order valence-electron chi connectivity index (χ0n) is 18.2. The van der Waals surface area contributed by atoms with E-state index in [1.54, 1.807) is 24.3 Å². The van der Waals surface area contributed by atoms with Gasteiger partial charge < -0.3 is 15.5 Å². The number of hydrogen-bond acceptors (Lipinski definition) is 3. The lowest BCUT2D eigenvalue weighted by atomic mass is 9.87. The standard InChI is InChI=1S/C24H33N3O2/c1-6-27(7-2)17-16-25-22(28)18-10-14-21(15-11-18)26-23(29)19-8-12-20(13-9-19)24(3,4)5/h8-15H,6-7,16-17H2,1-5H3,(H,25,28)(H,26,29). The van der Waals surface area contributed by atoms with Gasteiger partial charge in [0.15, 0.2) is 0 Å². The zero-order chi connectivity index (χ0) is 21.4. The highest BCUT2D eigenvalue weighted by Gasteiger charge is 2.14. The molecule has 0 saturated carbocycles. The minimum atomic E-state index is -0.165. The summed E-state index contributed by atoms with van der Waals surface area (Å²) in [7, 11) is 0. The Labute approximate surface area is 174 Å². The van der Waals surface area contributed by atoms with Crippen molar-refractivity contribution in [2.24, 2.45) is 0 Å².